The molecule has 0 amide bonds. The van der Waals surface area contributed by atoms with E-state index in [9.17, 15) is 4.79 Å². The molecule has 2 rings (SSSR count). The molecule has 1 fully saturated rings. The molecule has 1 saturated heterocycles. The normalized spacial score (nSPS) is 20.6. The molecular formula is C19H30IN3O2. The average molecular weight is 459 g/mol. The van der Waals surface area contributed by atoms with E-state index in [1.54, 1.807) is 0 Å². The Balaban J connectivity index is 0.00000312. The average Bonchev–Trinajstić information content (AvgIpc) is 2.61. The van der Waals surface area contributed by atoms with E-state index < -0.39 is 0 Å². The summed E-state index contributed by atoms with van der Waals surface area (Å²) in [6.45, 7) is 7.61. The van der Waals surface area contributed by atoms with Crippen LogP contribution in [0.1, 0.15) is 38.2 Å². The summed E-state index contributed by atoms with van der Waals surface area (Å²) in [6.07, 6.45) is 1.44. The Hall–Kier alpha value is -1.31. The highest BCUT2D eigenvalue weighted by molar-refractivity contribution is 14.0. The molecule has 5 nitrogen and oxygen atoms in total. The lowest BCUT2D eigenvalue weighted by atomic mass is 9.82. The zero-order valence-corrected chi connectivity index (χ0v) is 17.7. The monoisotopic (exact) mass is 459 g/mol. The number of rotatable bonds is 5. The highest BCUT2D eigenvalue weighted by Crippen LogP contribution is 2.32. The smallest absolute Gasteiger partial charge is 0.307 e. The van der Waals surface area contributed by atoms with Gasteiger partial charge in [-0.15, -0.1) is 24.0 Å². The third-order valence-corrected chi connectivity index (χ3v) is 4.57. The predicted molar refractivity (Wildman–Crippen MR) is 113 cm³/mol. The fourth-order valence-corrected chi connectivity index (χ4v) is 3.31. The van der Waals surface area contributed by atoms with Crippen molar-refractivity contribution in [2.75, 3.05) is 33.3 Å². The number of aliphatic imine (C=N–C) groups is 1. The van der Waals surface area contributed by atoms with Crippen LogP contribution in [0.4, 0.5) is 0 Å². The molecule has 0 spiro atoms. The van der Waals surface area contributed by atoms with E-state index in [4.69, 9.17) is 0 Å². The maximum absolute atomic E-state index is 11.3. The largest absolute Gasteiger partial charge is 0.469 e. The molecule has 0 saturated carbocycles. The highest BCUT2D eigenvalue weighted by atomic mass is 127. The van der Waals surface area contributed by atoms with Crippen LogP contribution in [-0.4, -0.2) is 50.1 Å². The number of guanidine groups is 1. The molecule has 1 aliphatic heterocycles. The zero-order valence-electron chi connectivity index (χ0n) is 15.4. The molecule has 0 aliphatic carbocycles. The van der Waals surface area contributed by atoms with Gasteiger partial charge in [0.05, 0.1) is 20.1 Å². The molecule has 0 aromatic heterocycles. The van der Waals surface area contributed by atoms with Crippen molar-refractivity contribution in [2.24, 2.45) is 10.9 Å². The Morgan fingerprint density at radius 3 is 2.68 bits per heavy atom. The molecule has 0 radical (unpaired) electrons. The fraction of sp³-hybridized carbons (Fsp3) is 0.579. The van der Waals surface area contributed by atoms with E-state index in [0.29, 0.717) is 24.8 Å². The van der Waals surface area contributed by atoms with Crippen LogP contribution in [0, 0.1) is 5.92 Å². The first-order chi connectivity index (χ1) is 11.7. The maximum Gasteiger partial charge on any atom is 0.307 e. The van der Waals surface area contributed by atoms with Crippen molar-refractivity contribution >= 4 is 35.9 Å². The van der Waals surface area contributed by atoms with E-state index in [0.717, 1.165) is 32.0 Å². The number of carbonyl (C=O) groups is 1. The molecule has 6 heteroatoms. The Kier molecular flexibility index (Phi) is 9.85. The molecule has 2 atom stereocenters. The second-order valence-electron chi connectivity index (χ2n) is 6.29. The minimum Gasteiger partial charge on any atom is -0.469 e. The summed E-state index contributed by atoms with van der Waals surface area (Å²) in [6, 6.07) is 10.8. The van der Waals surface area contributed by atoms with Crippen molar-refractivity contribution < 1.29 is 9.53 Å². The van der Waals surface area contributed by atoms with Crippen molar-refractivity contribution in [1.29, 1.82) is 0 Å². The SMILES string of the molecule is CCNC(=NCCC(=O)OC)N1CCC(c2ccccc2)C(C)C1.I. The molecule has 0 bridgehead atoms. The van der Waals surface area contributed by atoms with Crippen LogP contribution in [0.15, 0.2) is 35.3 Å². The van der Waals surface area contributed by atoms with Crippen molar-refractivity contribution in [3.8, 4) is 0 Å². The number of hydrogen-bond donors (Lipinski definition) is 1. The standard InChI is InChI=1S/C19H29N3O2.HI/c1-4-20-19(21-12-10-18(23)24-3)22-13-11-17(15(2)14-22)16-8-6-5-7-9-16;/h5-9,15,17H,4,10-14H2,1-3H3,(H,20,21);1H. The maximum atomic E-state index is 11.3. The van der Waals surface area contributed by atoms with E-state index in [1.807, 2.05) is 0 Å². The number of nitrogens with one attached hydrogen (secondary N) is 1. The van der Waals surface area contributed by atoms with Crippen molar-refractivity contribution in [1.82, 2.24) is 10.2 Å². The number of methoxy groups -OCH3 is 1. The van der Waals surface area contributed by atoms with E-state index >= 15 is 0 Å². The van der Waals surface area contributed by atoms with Crippen molar-refractivity contribution in [3.63, 3.8) is 0 Å². The van der Waals surface area contributed by atoms with Gasteiger partial charge < -0.3 is 15.0 Å². The van der Waals surface area contributed by atoms with Gasteiger partial charge in [-0.25, -0.2) is 0 Å². The Morgan fingerprint density at radius 1 is 1.36 bits per heavy atom. The van der Waals surface area contributed by atoms with Crippen LogP contribution in [0.3, 0.4) is 0 Å². The van der Waals surface area contributed by atoms with Gasteiger partial charge in [-0.05, 0) is 30.7 Å². The third kappa shape index (κ3) is 6.49. The van der Waals surface area contributed by atoms with Crippen LogP contribution < -0.4 is 5.32 Å². The number of esters is 1. The summed E-state index contributed by atoms with van der Waals surface area (Å²) in [5.74, 6) is 1.84. The lowest BCUT2D eigenvalue weighted by Crippen LogP contribution is -2.48. The Labute approximate surface area is 168 Å². The van der Waals surface area contributed by atoms with Gasteiger partial charge in [-0.2, -0.15) is 0 Å². The summed E-state index contributed by atoms with van der Waals surface area (Å²) in [5, 5.41) is 3.34. The molecule has 1 aromatic rings. The number of ether oxygens (including phenoxy) is 1. The first-order valence-corrected chi connectivity index (χ1v) is 8.80. The lowest BCUT2D eigenvalue weighted by Gasteiger charge is -2.39. The van der Waals surface area contributed by atoms with Gasteiger partial charge in [0.2, 0.25) is 0 Å². The first kappa shape index (κ1) is 21.7. The number of carbonyl (C=O) groups excluding carboxylic acids is 1. The van der Waals surface area contributed by atoms with Crippen LogP contribution in [-0.2, 0) is 9.53 Å². The minimum absolute atomic E-state index is 0. The molecule has 140 valence electrons. The predicted octanol–water partition coefficient (Wildman–Crippen LogP) is 3.26. The quantitative estimate of drug-likeness (QED) is 0.318. The lowest BCUT2D eigenvalue weighted by molar-refractivity contribution is -0.140. The fourth-order valence-electron chi connectivity index (χ4n) is 3.31. The number of piperidine rings is 1. The highest BCUT2D eigenvalue weighted by Gasteiger charge is 2.28. The van der Waals surface area contributed by atoms with Gasteiger partial charge >= 0.3 is 5.97 Å². The summed E-state index contributed by atoms with van der Waals surface area (Å²) < 4.78 is 4.68. The summed E-state index contributed by atoms with van der Waals surface area (Å²) in [7, 11) is 1.41. The van der Waals surface area contributed by atoms with E-state index in [-0.39, 0.29) is 29.9 Å². The Morgan fingerprint density at radius 2 is 2.08 bits per heavy atom. The molecule has 1 aliphatic rings. The molecule has 2 unspecified atom stereocenters. The molecule has 1 N–H and O–H groups in total. The second kappa shape index (κ2) is 11.3. The Bertz CT molecular complexity index is 551. The third-order valence-electron chi connectivity index (χ3n) is 4.57. The number of benzene rings is 1. The first-order valence-electron chi connectivity index (χ1n) is 8.80. The van der Waals surface area contributed by atoms with Crippen LogP contribution >= 0.6 is 24.0 Å². The van der Waals surface area contributed by atoms with Crippen LogP contribution in [0.5, 0.6) is 0 Å². The van der Waals surface area contributed by atoms with E-state index in [1.165, 1.54) is 12.7 Å². The van der Waals surface area contributed by atoms with Crippen molar-refractivity contribution in [3.05, 3.63) is 35.9 Å². The van der Waals surface area contributed by atoms with Gasteiger partial charge in [-0.3, -0.25) is 9.79 Å². The van der Waals surface area contributed by atoms with Crippen LogP contribution in [0.25, 0.3) is 0 Å². The topological polar surface area (TPSA) is 53.9 Å². The second-order valence-corrected chi connectivity index (χ2v) is 6.29. The molecule has 1 aromatic carbocycles. The molecular weight excluding hydrogens is 429 g/mol. The van der Waals surface area contributed by atoms with Gasteiger partial charge in [0.15, 0.2) is 5.96 Å². The van der Waals surface area contributed by atoms with Crippen LogP contribution in [0.2, 0.25) is 0 Å². The zero-order chi connectivity index (χ0) is 17.4. The van der Waals surface area contributed by atoms with Gasteiger partial charge in [-0.1, -0.05) is 37.3 Å². The molecule has 1 heterocycles. The van der Waals surface area contributed by atoms with Gasteiger partial charge in [0.25, 0.3) is 0 Å². The van der Waals surface area contributed by atoms with E-state index in [2.05, 4.69) is 64.1 Å². The summed E-state index contributed by atoms with van der Waals surface area (Å²) in [4.78, 5) is 18.2. The van der Waals surface area contributed by atoms with Gasteiger partial charge in [0, 0.05) is 19.6 Å². The minimum atomic E-state index is -0.217. The number of hydrogen-bond acceptors (Lipinski definition) is 3. The van der Waals surface area contributed by atoms with Gasteiger partial charge in [0.1, 0.15) is 0 Å². The van der Waals surface area contributed by atoms with Crippen molar-refractivity contribution in [2.45, 2.75) is 32.6 Å². The summed E-state index contributed by atoms with van der Waals surface area (Å²) in [5.41, 5.74) is 1.43. The summed E-state index contributed by atoms with van der Waals surface area (Å²) >= 11 is 0. The number of nitrogens with zero attached hydrogens (tertiary/aromatic N) is 2. The number of halogens is 1. The molecule has 25 heavy (non-hydrogen) atoms. The number of likely N-dealkylation sites (tertiary alicyclic amines) is 1.